The third-order valence-electron chi connectivity index (χ3n) is 8.64. The number of hydrogen-bond acceptors (Lipinski definition) is 1. The van der Waals surface area contributed by atoms with Crippen LogP contribution in [-0.2, 0) is 12.8 Å². The smallest absolute Gasteiger partial charge is 0.0464 e. The molecule has 6 aromatic carbocycles. The molecule has 0 saturated heterocycles. The van der Waals surface area contributed by atoms with Gasteiger partial charge in [0.25, 0.3) is 0 Å². The molecule has 0 radical (unpaired) electrons. The van der Waals surface area contributed by atoms with Gasteiger partial charge in [-0.25, -0.2) is 0 Å². The Kier molecular flexibility index (Phi) is 8.51. The standard InChI is InChI=1S/C44H37N/c1-4-12-34(13-5-1)20-21-35-22-27-41(28-23-35)45(43-31-26-37-14-10-11-19-40(37)33-43)42-29-24-36(25-30-42)32-44(38-15-6-2-7-16-38)39-17-8-3-9-18-39/h1-9,12-13,15-18,20-33H,10-11,14,19H2. The molecule has 7 rings (SSSR count). The van der Waals surface area contributed by atoms with Gasteiger partial charge in [0.1, 0.15) is 0 Å². The van der Waals surface area contributed by atoms with Crippen molar-refractivity contribution < 1.29 is 0 Å². The Morgan fingerprint density at radius 2 is 0.889 bits per heavy atom. The molecule has 0 heterocycles. The van der Waals surface area contributed by atoms with Gasteiger partial charge in [-0.2, -0.15) is 0 Å². The van der Waals surface area contributed by atoms with Gasteiger partial charge in [-0.3, -0.25) is 0 Å². The molecule has 1 aliphatic carbocycles. The lowest BCUT2D eigenvalue weighted by molar-refractivity contribution is 0.685. The van der Waals surface area contributed by atoms with Crippen molar-refractivity contribution in [1.82, 2.24) is 0 Å². The van der Waals surface area contributed by atoms with Crippen LogP contribution in [-0.4, -0.2) is 0 Å². The zero-order valence-electron chi connectivity index (χ0n) is 25.5. The van der Waals surface area contributed by atoms with E-state index in [0.717, 1.165) is 17.8 Å². The van der Waals surface area contributed by atoms with Crippen LogP contribution in [0.3, 0.4) is 0 Å². The molecule has 0 bridgehead atoms. The summed E-state index contributed by atoms with van der Waals surface area (Å²) in [5.41, 5.74) is 13.7. The van der Waals surface area contributed by atoms with E-state index in [1.165, 1.54) is 69.5 Å². The summed E-state index contributed by atoms with van der Waals surface area (Å²) in [4.78, 5) is 2.39. The van der Waals surface area contributed by atoms with Crippen LogP contribution < -0.4 is 4.90 Å². The first-order valence-corrected chi connectivity index (χ1v) is 16.0. The molecule has 0 amide bonds. The first-order valence-electron chi connectivity index (χ1n) is 16.0. The Labute approximate surface area is 267 Å². The normalized spacial score (nSPS) is 12.4. The van der Waals surface area contributed by atoms with Gasteiger partial charge in [0.15, 0.2) is 0 Å². The van der Waals surface area contributed by atoms with Crippen molar-refractivity contribution in [3.63, 3.8) is 0 Å². The first-order chi connectivity index (χ1) is 22.3. The molecular formula is C44H37N. The molecule has 0 aliphatic heterocycles. The second-order valence-electron chi connectivity index (χ2n) is 11.7. The van der Waals surface area contributed by atoms with Gasteiger partial charge in [0, 0.05) is 17.1 Å². The highest BCUT2D eigenvalue weighted by Gasteiger charge is 2.16. The largest absolute Gasteiger partial charge is 0.310 e. The molecule has 1 aliphatic rings. The van der Waals surface area contributed by atoms with Crippen LogP contribution in [0.2, 0.25) is 0 Å². The molecule has 218 valence electrons. The van der Waals surface area contributed by atoms with Gasteiger partial charge >= 0.3 is 0 Å². The lowest BCUT2D eigenvalue weighted by Crippen LogP contribution is -2.12. The predicted molar refractivity (Wildman–Crippen MR) is 193 cm³/mol. The summed E-state index contributed by atoms with van der Waals surface area (Å²) in [5, 5.41) is 0. The number of nitrogens with zero attached hydrogens (tertiary/aromatic N) is 1. The highest BCUT2D eigenvalue weighted by molar-refractivity contribution is 5.91. The fourth-order valence-corrected chi connectivity index (χ4v) is 6.25. The Hall–Kier alpha value is -5.40. The minimum Gasteiger partial charge on any atom is -0.310 e. The molecule has 0 spiro atoms. The summed E-state index contributed by atoms with van der Waals surface area (Å²) in [7, 11) is 0. The monoisotopic (exact) mass is 579 g/mol. The van der Waals surface area contributed by atoms with Crippen LogP contribution in [0, 0.1) is 0 Å². The Balaban J connectivity index is 1.24. The lowest BCUT2D eigenvalue weighted by atomic mass is 9.91. The van der Waals surface area contributed by atoms with Crippen molar-refractivity contribution >= 4 is 40.9 Å². The summed E-state index contributed by atoms with van der Waals surface area (Å²) in [6, 6.07) is 56.7. The van der Waals surface area contributed by atoms with Crippen LogP contribution >= 0.6 is 0 Å². The van der Waals surface area contributed by atoms with E-state index in [4.69, 9.17) is 0 Å². The number of aryl methyl sites for hydroxylation is 2. The third-order valence-corrected chi connectivity index (χ3v) is 8.64. The van der Waals surface area contributed by atoms with E-state index in [2.05, 4.69) is 181 Å². The summed E-state index contributed by atoms with van der Waals surface area (Å²) in [5.74, 6) is 0. The highest BCUT2D eigenvalue weighted by Crippen LogP contribution is 2.37. The van der Waals surface area contributed by atoms with Gasteiger partial charge in [-0.15, -0.1) is 0 Å². The topological polar surface area (TPSA) is 3.24 Å². The highest BCUT2D eigenvalue weighted by atomic mass is 15.1. The zero-order valence-corrected chi connectivity index (χ0v) is 25.5. The second kappa shape index (κ2) is 13.5. The van der Waals surface area contributed by atoms with Gasteiger partial charge in [0.2, 0.25) is 0 Å². The van der Waals surface area contributed by atoms with E-state index in [1.54, 1.807) is 0 Å². The van der Waals surface area contributed by atoms with Crippen molar-refractivity contribution in [2.45, 2.75) is 25.7 Å². The second-order valence-corrected chi connectivity index (χ2v) is 11.7. The average Bonchev–Trinajstić information content (AvgIpc) is 3.12. The Bertz CT molecular complexity index is 1860. The average molecular weight is 580 g/mol. The maximum atomic E-state index is 2.41. The van der Waals surface area contributed by atoms with Crippen molar-refractivity contribution in [3.05, 3.63) is 197 Å². The van der Waals surface area contributed by atoms with Crippen LogP contribution in [0.5, 0.6) is 0 Å². The third kappa shape index (κ3) is 6.74. The molecule has 45 heavy (non-hydrogen) atoms. The molecule has 0 N–H and O–H groups in total. The minimum absolute atomic E-state index is 1.15. The maximum absolute atomic E-state index is 2.41. The van der Waals surface area contributed by atoms with E-state index in [0.29, 0.717) is 0 Å². The number of rotatable bonds is 8. The number of fused-ring (bicyclic) bond motifs is 1. The maximum Gasteiger partial charge on any atom is 0.0464 e. The Morgan fingerprint density at radius 3 is 1.47 bits per heavy atom. The van der Waals surface area contributed by atoms with Crippen molar-refractivity contribution in [2.24, 2.45) is 0 Å². The summed E-state index contributed by atoms with van der Waals surface area (Å²) in [6.07, 6.45) is 11.5. The molecule has 1 heteroatoms. The van der Waals surface area contributed by atoms with Gasteiger partial charge in [-0.05, 0) is 113 Å². The number of benzene rings is 6. The van der Waals surface area contributed by atoms with E-state index >= 15 is 0 Å². The number of anilines is 3. The Morgan fingerprint density at radius 1 is 0.422 bits per heavy atom. The molecular weight excluding hydrogens is 542 g/mol. The zero-order chi connectivity index (χ0) is 30.3. The summed E-state index contributed by atoms with van der Waals surface area (Å²) < 4.78 is 0. The molecule has 0 fully saturated rings. The predicted octanol–water partition coefficient (Wildman–Crippen LogP) is 11.8. The van der Waals surface area contributed by atoms with Gasteiger partial charge < -0.3 is 4.90 Å². The van der Waals surface area contributed by atoms with Crippen molar-refractivity contribution in [2.75, 3.05) is 4.90 Å². The van der Waals surface area contributed by atoms with Gasteiger partial charge in [-0.1, -0.05) is 133 Å². The fraction of sp³-hybridized carbons (Fsp3) is 0.0909. The van der Waals surface area contributed by atoms with E-state index in [1.807, 2.05) is 0 Å². The van der Waals surface area contributed by atoms with Crippen molar-refractivity contribution in [3.8, 4) is 0 Å². The molecule has 6 aromatic rings. The van der Waals surface area contributed by atoms with E-state index in [9.17, 15) is 0 Å². The fourth-order valence-electron chi connectivity index (χ4n) is 6.25. The molecule has 0 aromatic heterocycles. The minimum atomic E-state index is 1.15. The quantitative estimate of drug-likeness (QED) is 0.162. The summed E-state index contributed by atoms with van der Waals surface area (Å²) >= 11 is 0. The molecule has 0 saturated carbocycles. The van der Waals surface area contributed by atoms with Crippen LogP contribution in [0.25, 0.3) is 23.8 Å². The van der Waals surface area contributed by atoms with E-state index in [-0.39, 0.29) is 0 Å². The SMILES string of the molecule is C(=Cc1ccc(N(c2ccc(C=C(c3ccccc3)c3ccccc3)cc2)c2ccc3c(c2)CCCC3)cc1)c1ccccc1. The molecule has 1 nitrogen and oxygen atoms in total. The van der Waals surface area contributed by atoms with Gasteiger partial charge in [0.05, 0.1) is 0 Å². The molecule has 0 atom stereocenters. The summed E-state index contributed by atoms with van der Waals surface area (Å²) in [6.45, 7) is 0. The van der Waals surface area contributed by atoms with E-state index < -0.39 is 0 Å². The van der Waals surface area contributed by atoms with Crippen molar-refractivity contribution in [1.29, 1.82) is 0 Å². The van der Waals surface area contributed by atoms with Crippen LogP contribution in [0.4, 0.5) is 17.1 Å². The lowest BCUT2D eigenvalue weighted by Gasteiger charge is -2.27. The number of hydrogen-bond donors (Lipinski definition) is 0. The van der Waals surface area contributed by atoms with Crippen LogP contribution in [0.15, 0.2) is 158 Å². The first kappa shape index (κ1) is 28.4. The van der Waals surface area contributed by atoms with Crippen LogP contribution in [0.1, 0.15) is 51.8 Å². The molecule has 0 unspecified atom stereocenters.